The van der Waals surface area contributed by atoms with E-state index in [4.69, 9.17) is 30.6 Å². The van der Waals surface area contributed by atoms with Gasteiger partial charge in [-0.3, -0.25) is 0 Å². The molecule has 0 aromatic heterocycles. The molecule has 0 aliphatic heterocycles. The molecule has 0 spiro atoms. The van der Waals surface area contributed by atoms with Crippen LogP contribution in [0, 0.1) is 0 Å². The van der Waals surface area contributed by atoms with Crippen LogP contribution >= 0.6 is 0 Å². The lowest BCUT2D eigenvalue weighted by Gasteiger charge is -1.70. The highest BCUT2D eigenvalue weighted by molar-refractivity contribution is 4.51. The van der Waals surface area contributed by atoms with Gasteiger partial charge < -0.3 is 30.6 Å². The van der Waals surface area contributed by atoms with Crippen LogP contribution in [0.25, 0.3) is 0 Å². The SMILES string of the molecule is C=CC.OCCO.OCCO.OCCO. The van der Waals surface area contributed by atoms with Crippen LogP contribution in [-0.2, 0) is 0 Å². The molecule has 0 aliphatic carbocycles. The lowest BCUT2D eigenvalue weighted by Crippen LogP contribution is -1.85. The molecule has 0 rings (SSSR count). The van der Waals surface area contributed by atoms with Gasteiger partial charge in [-0.1, -0.05) is 6.08 Å². The fraction of sp³-hybridized carbons (Fsp3) is 0.778. The van der Waals surface area contributed by atoms with Crippen LogP contribution in [0.15, 0.2) is 12.7 Å². The molecule has 6 heteroatoms. The first-order valence-corrected chi connectivity index (χ1v) is 4.38. The molecule has 0 heterocycles. The molecule has 0 aromatic rings. The molecule has 0 saturated heterocycles. The van der Waals surface area contributed by atoms with E-state index in [2.05, 4.69) is 6.58 Å². The first-order valence-electron chi connectivity index (χ1n) is 4.38. The average Bonchev–Trinajstić information content (AvgIpc) is 2.30. The minimum Gasteiger partial charge on any atom is -0.394 e. The van der Waals surface area contributed by atoms with E-state index in [9.17, 15) is 0 Å². The van der Waals surface area contributed by atoms with Crippen LogP contribution in [0.2, 0.25) is 0 Å². The molecule has 0 unspecified atom stereocenters. The van der Waals surface area contributed by atoms with Crippen LogP contribution in [0.3, 0.4) is 0 Å². The minimum absolute atomic E-state index is 0.125. The van der Waals surface area contributed by atoms with Crippen molar-refractivity contribution >= 4 is 0 Å². The maximum atomic E-state index is 7.62. The van der Waals surface area contributed by atoms with E-state index in [0.29, 0.717) is 0 Å². The molecule has 0 radical (unpaired) electrons. The third-order valence-electron chi connectivity index (χ3n) is 0.300. The summed E-state index contributed by atoms with van der Waals surface area (Å²) in [6, 6.07) is 0. The van der Waals surface area contributed by atoms with Crippen LogP contribution in [0.5, 0.6) is 0 Å². The number of rotatable bonds is 3. The van der Waals surface area contributed by atoms with Gasteiger partial charge in [-0.25, -0.2) is 0 Å². The zero-order valence-corrected chi connectivity index (χ0v) is 9.21. The quantitative estimate of drug-likeness (QED) is 0.314. The maximum Gasteiger partial charge on any atom is 0.0662 e. The number of aliphatic hydroxyl groups excluding tert-OH is 6. The lowest BCUT2D eigenvalue weighted by molar-refractivity contribution is 0.186. The minimum atomic E-state index is -0.125. The second kappa shape index (κ2) is 49.9. The Bertz CT molecular complexity index is 54.1. The van der Waals surface area contributed by atoms with Gasteiger partial charge in [0.25, 0.3) is 0 Å². The smallest absolute Gasteiger partial charge is 0.0662 e. The lowest BCUT2D eigenvalue weighted by atomic mass is 10.8. The third kappa shape index (κ3) is 286. The first kappa shape index (κ1) is 24.0. The number of hydrogen-bond acceptors (Lipinski definition) is 6. The summed E-state index contributed by atoms with van der Waals surface area (Å²) in [4.78, 5) is 0. The van der Waals surface area contributed by atoms with Crippen LogP contribution < -0.4 is 0 Å². The van der Waals surface area contributed by atoms with E-state index in [1.165, 1.54) is 0 Å². The van der Waals surface area contributed by atoms with E-state index in [0.717, 1.165) is 0 Å². The zero-order chi connectivity index (χ0) is 12.9. The Balaban J connectivity index is -0.0000000542. The Labute approximate surface area is 90.8 Å². The predicted molar refractivity (Wildman–Crippen MR) is 58.4 cm³/mol. The largest absolute Gasteiger partial charge is 0.394 e. The van der Waals surface area contributed by atoms with E-state index >= 15 is 0 Å². The van der Waals surface area contributed by atoms with E-state index < -0.39 is 0 Å². The molecule has 6 nitrogen and oxygen atoms in total. The Hall–Kier alpha value is -0.500. The van der Waals surface area contributed by atoms with Crippen molar-refractivity contribution in [2.45, 2.75) is 6.92 Å². The van der Waals surface area contributed by atoms with Gasteiger partial charge in [0.15, 0.2) is 0 Å². The summed E-state index contributed by atoms with van der Waals surface area (Å²) >= 11 is 0. The molecule has 0 bridgehead atoms. The van der Waals surface area contributed by atoms with Crippen LogP contribution in [-0.4, -0.2) is 70.3 Å². The van der Waals surface area contributed by atoms with Crippen LogP contribution in [0.1, 0.15) is 6.92 Å². The summed E-state index contributed by atoms with van der Waals surface area (Å²) in [5.41, 5.74) is 0. The molecular weight excluding hydrogens is 204 g/mol. The van der Waals surface area contributed by atoms with E-state index in [-0.39, 0.29) is 39.6 Å². The number of aliphatic hydroxyl groups is 6. The van der Waals surface area contributed by atoms with Crippen molar-refractivity contribution in [2.75, 3.05) is 39.6 Å². The number of allylic oxidation sites excluding steroid dienone is 1. The van der Waals surface area contributed by atoms with Gasteiger partial charge in [0.2, 0.25) is 0 Å². The summed E-state index contributed by atoms with van der Waals surface area (Å²) in [6.07, 6.45) is 1.75. The van der Waals surface area contributed by atoms with Crippen LogP contribution in [0.4, 0.5) is 0 Å². The van der Waals surface area contributed by atoms with Gasteiger partial charge in [-0.2, -0.15) is 0 Å². The predicted octanol–water partition coefficient (Wildman–Crippen LogP) is -1.89. The molecule has 0 fully saturated rings. The normalized spacial score (nSPS) is 6.87. The zero-order valence-electron chi connectivity index (χ0n) is 9.21. The highest BCUT2D eigenvalue weighted by atomic mass is 16.3. The highest BCUT2D eigenvalue weighted by Gasteiger charge is 1.58. The van der Waals surface area contributed by atoms with Crippen molar-refractivity contribution in [3.63, 3.8) is 0 Å². The van der Waals surface area contributed by atoms with E-state index in [1.807, 2.05) is 6.92 Å². The van der Waals surface area contributed by atoms with Crippen molar-refractivity contribution in [3.05, 3.63) is 12.7 Å². The molecule has 15 heavy (non-hydrogen) atoms. The topological polar surface area (TPSA) is 121 Å². The fourth-order valence-electron chi connectivity index (χ4n) is 0. The summed E-state index contributed by atoms with van der Waals surface area (Å²) in [6.45, 7) is 4.50. The molecule has 0 amide bonds. The molecule has 0 saturated carbocycles. The standard InChI is InChI=1S/C3H6.3C2H6O2/c1-3-2;3*3-1-2-4/h3H,1H2,2H3;3*3-4H,1-2H2. The molecule has 0 aromatic carbocycles. The molecule has 0 atom stereocenters. The van der Waals surface area contributed by atoms with Gasteiger partial charge in [-0.15, -0.1) is 6.58 Å². The summed E-state index contributed by atoms with van der Waals surface area (Å²) in [7, 11) is 0. The number of hydrogen-bond donors (Lipinski definition) is 6. The van der Waals surface area contributed by atoms with Gasteiger partial charge in [0, 0.05) is 0 Å². The first-order chi connectivity index (χ1) is 7.16. The second-order valence-corrected chi connectivity index (χ2v) is 1.75. The molecule has 0 aliphatic rings. The van der Waals surface area contributed by atoms with E-state index in [1.54, 1.807) is 6.08 Å². The van der Waals surface area contributed by atoms with Crippen molar-refractivity contribution in [1.29, 1.82) is 0 Å². The van der Waals surface area contributed by atoms with Crippen molar-refractivity contribution in [3.8, 4) is 0 Å². The molecular formula is C9H24O6. The Morgan fingerprint density at radius 3 is 0.733 bits per heavy atom. The monoisotopic (exact) mass is 228 g/mol. The van der Waals surface area contributed by atoms with Gasteiger partial charge in [0.05, 0.1) is 39.6 Å². The van der Waals surface area contributed by atoms with Crippen molar-refractivity contribution in [2.24, 2.45) is 0 Å². The summed E-state index contributed by atoms with van der Waals surface area (Å²) in [5, 5.41) is 45.8. The van der Waals surface area contributed by atoms with Gasteiger partial charge in [-0.05, 0) is 6.92 Å². The fourth-order valence-corrected chi connectivity index (χ4v) is 0. The van der Waals surface area contributed by atoms with Crippen molar-refractivity contribution in [1.82, 2.24) is 0 Å². The van der Waals surface area contributed by atoms with Gasteiger partial charge >= 0.3 is 0 Å². The second-order valence-electron chi connectivity index (χ2n) is 1.75. The van der Waals surface area contributed by atoms with Gasteiger partial charge in [0.1, 0.15) is 0 Å². The molecule has 6 N–H and O–H groups in total. The third-order valence-corrected chi connectivity index (χ3v) is 0.300. The van der Waals surface area contributed by atoms with Crippen molar-refractivity contribution < 1.29 is 30.6 Å². The summed E-state index contributed by atoms with van der Waals surface area (Å²) in [5.74, 6) is 0. The molecule has 96 valence electrons. The average molecular weight is 228 g/mol. The Kier molecular flexibility index (Phi) is 79.8. The summed E-state index contributed by atoms with van der Waals surface area (Å²) < 4.78 is 0. The highest BCUT2D eigenvalue weighted by Crippen LogP contribution is 1.40. The Morgan fingerprint density at radius 1 is 0.667 bits per heavy atom. The maximum absolute atomic E-state index is 7.62. The Morgan fingerprint density at radius 2 is 0.733 bits per heavy atom.